The second-order valence-electron chi connectivity index (χ2n) is 7.26. The van der Waals surface area contributed by atoms with Gasteiger partial charge in [0.15, 0.2) is 11.5 Å². The van der Waals surface area contributed by atoms with Crippen molar-refractivity contribution in [2.45, 2.75) is 20.8 Å². The molecule has 2 aromatic rings. The van der Waals surface area contributed by atoms with Crippen molar-refractivity contribution in [3.8, 4) is 17.2 Å². The molecule has 0 saturated carbocycles. The van der Waals surface area contributed by atoms with Crippen molar-refractivity contribution >= 4 is 56.2 Å². The van der Waals surface area contributed by atoms with Crippen molar-refractivity contribution in [3.63, 3.8) is 0 Å². The Labute approximate surface area is 212 Å². The largest absolute Gasteiger partial charge is 0.490 e. The van der Waals surface area contributed by atoms with Gasteiger partial charge in [0.05, 0.1) is 16.0 Å². The van der Waals surface area contributed by atoms with Crippen molar-refractivity contribution in [1.29, 1.82) is 0 Å². The zero-order valence-electron chi connectivity index (χ0n) is 18.9. The predicted octanol–water partition coefficient (Wildman–Crippen LogP) is 6.31. The summed E-state index contributed by atoms with van der Waals surface area (Å²) in [7, 11) is 0. The Balaban J connectivity index is 1.74. The van der Waals surface area contributed by atoms with Gasteiger partial charge in [-0.2, -0.15) is 0 Å². The number of thioether (sulfide) groups is 1. The fraction of sp³-hybridized carbons (Fsp3) is 0.280. The maximum Gasteiger partial charge on any atom is 0.266 e. The Kier molecular flexibility index (Phi) is 9.00. The molecule has 0 atom stereocenters. The average Bonchev–Trinajstić information content (AvgIpc) is 3.02. The quantitative estimate of drug-likeness (QED) is 0.150. The molecule has 0 unspecified atom stereocenters. The number of carbonyl (C=O) groups excluding carboxylic acids is 1. The molecule has 2 aromatic carbocycles. The lowest BCUT2D eigenvalue weighted by Crippen LogP contribution is -2.27. The molecule has 8 heteroatoms. The number of rotatable bonds is 10. The summed E-state index contributed by atoms with van der Waals surface area (Å²) in [4.78, 5) is 14.7. The fourth-order valence-electron chi connectivity index (χ4n) is 3.33. The zero-order valence-corrected chi connectivity index (χ0v) is 22.1. The first-order valence-corrected chi connectivity index (χ1v) is 12.5. The number of ether oxygens (including phenoxy) is 3. The maximum atomic E-state index is 12.6. The molecule has 0 bridgehead atoms. The summed E-state index contributed by atoms with van der Waals surface area (Å²) >= 11 is 10.2. The molecule has 0 aromatic heterocycles. The van der Waals surface area contributed by atoms with Crippen LogP contribution in [0, 0.1) is 13.8 Å². The number of halogens is 1. The Morgan fingerprint density at radius 3 is 2.42 bits per heavy atom. The van der Waals surface area contributed by atoms with Crippen LogP contribution in [0.5, 0.6) is 17.2 Å². The highest BCUT2D eigenvalue weighted by molar-refractivity contribution is 9.10. The number of aryl methyl sites for hydroxylation is 2. The number of hydrogen-bond acceptors (Lipinski definition) is 6. The molecule has 1 aliphatic rings. The third-order valence-electron chi connectivity index (χ3n) is 4.80. The van der Waals surface area contributed by atoms with Gasteiger partial charge in [-0.1, -0.05) is 48.3 Å². The van der Waals surface area contributed by atoms with Gasteiger partial charge in [0.25, 0.3) is 5.91 Å². The molecule has 174 valence electrons. The number of amides is 1. The van der Waals surface area contributed by atoms with Crippen LogP contribution in [0.4, 0.5) is 0 Å². The Bertz CT molecular complexity index is 1080. The Morgan fingerprint density at radius 2 is 1.79 bits per heavy atom. The maximum absolute atomic E-state index is 12.6. The molecule has 0 N–H and O–H groups in total. The van der Waals surface area contributed by atoms with Crippen LogP contribution in [0.2, 0.25) is 0 Å². The van der Waals surface area contributed by atoms with Crippen LogP contribution in [0.1, 0.15) is 23.6 Å². The first-order chi connectivity index (χ1) is 15.8. The van der Waals surface area contributed by atoms with Gasteiger partial charge < -0.3 is 14.2 Å². The predicted molar refractivity (Wildman–Crippen MR) is 142 cm³/mol. The number of benzene rings is 2. The minimum absolute atomic E-state index is 0.122. The average molecular weight is 549 g/mol. The van der Waals surface area contributed by atoms with Gasteiger partial charge in [-0.15, -0.1) is 6.58 Å². The van der Waals surface area contributed by atoms with Crippen LogP contribution >= 0.6 is 39.9 Å². The minimum Gasteiger partial charge on any atom is -0.490 e. The highest BCUT2D eigenvalue weighted by Crippen LogP contribution is 2.39. The lowest BCUT2D eigenvalue weighted by atomic mass is 10.1. The Hall–Kier alpha value is -2.29. The lowest BCUT2D eigenvalue weighted by Gasteiger charge is -2.16. The third kappa shape index (κ3) is 6.19. The molecule has 5 nitrogen and oxygen atoms in total. The van der Waals surface area contributed by atoms with Crippen molar-refractivity contribution in [2.24, 2.45) is 0 Å². The van der Waals surface area contributed by atoms with E-state index in [1.165, 1.54) is 16.7 Å². The lowest BCUT2D eigenvalue weighted by molar-refractivity contribution is -0.121. The summed E-state index contributed by atoms with van der Waals surface area (Å²) in [6.45, 7) is 11.3. The molecular weight excluding hydrogens is 522 g/mol. The van der Waals surface area contributed by atoms with Crippen molar-refractivity contribution in [1.82, 2.24) is 4.90 Å². The van der Waals surface area contributed by atoms with Gasteiger partial charge in [0, 0.05) is 6.54 Å². The monoisotopic (exact) mass is 547 g/mol. The molecule has 1 saturated heterocycles. The van der Waals surface area contributed by atoms with E-state index in [9.17, 15) is 4.79 Å². The van der Waals surface area contributed by atoms with Crippen LogP contribution in [-0.2, 0) is 4.79 Å². The normalized spacial score (nSPS) is 14.7. The van der Waals surface area contributed by atoms with Gasteiger partial charge in [-0.3, -0.25) is 9.69 Å². The molecule has 1 aliphatic heterocycles. The highest BCUT2D eigenvalue weighted by Gasteiger charge is 2.31. The second-order valence-corrected chi connectivity index (χ2v) is 9.79. The molecule has 3 rings (SSSR count). The molecule has 1 heterocycles. The number of hydrogen-bond donors (Lipinski definition) is 0. The van der Waals surface area contributed by atoms with E-state index < -0.39 is 0 Å². The minimum atomic E-state index is -0.122. The van der Waals surface area contributed by atoms with Gasteiger partial charge in [-0.05, 0) is 71.6 Å². The van der Waals surface area contributed by atoms with E-state index in [2.05, 4.69) is 22.5 Å². The van der Waals surface area contributed by atoms with Crippen LogP contribution in [0.25, 0.3) is 6.08 Å². The first-order valence-electron chi connectivity index (χ1n) is 10.5. The topological polar surface area (TPSA) is 48.0 Å². The summed E-state index contributed by atoms with van der Waals surface area (Å²) in [6.07, 6.45) is 3.47. The smallest absolute Gasteiger partial charge is 0.266 e. The molecule has 1 fully saturated rings. The number of carbonyl (C=O) groups is 1. The van der Waals surface area contributed by atoms with Crippen LogP contribution in [0.15, 0.2) is 52.4 Å². The van der Waals surface area contributed by atoms with Gasteiger partial charge in [0.2, 0.25) is 0 Å². The summed E-state index contributed by atoms with van der Waals surface area (Å²) in [5.41, 5.74) is 2.99. The third-order valence-corrected chi connectivity index (χ3v) is 6.77. The number of para-hydroxylation sites is 1. The summed E-state index contributed by atoms with van der Waals surface area (Å²) in [6, 6.07) is 9.81. The summed E-state index contributed by atoms with van der Waals surface area (Å²) < 4.78 is 19.0. The molecule has 0 aliphatic carbocycles. The SMILES string of the molecule is C=CCN1C(=O)C(=Cc2cc(Br)c(OCCOc3c(C)cccc3C)c(OCC)c2)SC1=S. The molecule has 33 heavy (non-hydrogen) atoms. The van der Waals surface area contributed by atoms with Gasteiger partial charge in [-0.25, -0.2) is 0 Å². The molecule has 0 radical (unpaired) electrons. The standard InChI is InChI=1S/C25H26BrNO4S2/c1-5-10-27-24(28)21(33-25(27)32)15-18-13-19(26)23(20(14-18)29-6-2)31-12-11-30-22-16(3)8-7-9-17(22)4/h5,7-9,13-15H,1,6,10-12H2,2-4H3. The van der Waals surface area contributed by atoms with Crippen molar-refractivity contribution < 1.29 is 19.0 Å². The summed E-state index contributed by atoms with van der Waals surface area (Å²) in [5, 5.41) is 0. The van der Waals surface area contributed by atoms with E-state index >= 15 is 0 Å². The molecule has 1 amide bonds. The van der Waals surface area contributed by atoms with Crippen LogP contribution in [0.3, 0.4) is 0 Å². The molecule has 0 spiro atoms. The van der Waals surface area contributed by atoms with Crippen LogP contribution < -0.4 is 14.2 Å². The highest BCUT2D eigenvalue weighted by atomic mass is 79.9. The number of nitrogens with zero attached hydrogens (tertiary/aromatic N) is 1. The fourth-order valence-corrected chi connectivity index (χ4v) is 5.18. The van der Waals surface area contributed by atoms with E-state index in [1.54, 1.807) is 6.08 Å². The Morgan fingerprint density at radius 1 is 1.12 bits per heavy atom. The van der Waals surface area contributed by atoms with Crippen LogP contribution in [-0.4, -0.2) is 41.5 Å². The van der Waals surface area contributed by atoms with Crippen molar-refractivity contribution in [3.05, 3.63) is 69.1 Å². The summed E-state index contributed by atoms with van der Waals surface area (Å²) in [5.74, 6) is 1.95. The zero-order chi connectivity index (χ0) is 24.0. The first kappa shape index (κ1) is 25.3. The van der Waals surface area contributed by atoms with E-state index in [-0.39, 0.29) is 5.91 Å². The van der Waals surface area contributed by atoms with E-state index in [1.807, 2.05) is 57.2 Å². The van der Waals surface area contributed by atoms with Crippen molar-refractivity contribution in [2.75, 3.05) is 26.4 Å². The second kappa shape index (κ2) is 11.7. The van der Waals surface area contributed by atoms with E-state index in [0.717, 1.165) is 26.9 Å². The molecular formula is C25H26BrNO4S2. The van der Waals surface area contributed by atoms with E-state index in [4.69, 9.17) is 26.4 Å². The van der Waals surface area contributed by atoms with E-state index in [0.29, 0.717) is 47.1 Å². The van der Waals surface area contributed by atoms with Gasteiger partial charge >= 0.3 is 0 Å². The van der Waals surface area contributed by atoms with Gasteiger partial charge in [0.1, 0.15) is 23.3 Å². The number of thiocarbonyl (C=S) groups is 1.